The third kappa shape index (κ3) is 3.88. The molecule has 0 aliphatic heterocycles. The fraction of sp³-hybridized carbons (Fsp3) is 0.158. The lowest BCUT2D eigenvalue weighted by atomic mass is 10.1. The number of anilines is 1. The molecule has 26 heavy (non-hydrogen) atoms. The van der Waals surface area contributed by atoms with E-state index < -0.39 is 11.6 Å². The molecule has 4 nitrogen and oxygen atoms in total. The maximum atomic E-state index is 14.1. The highest BCUT2D eigenvalue weighted by molar-refractivity contribution is 7.14. The van der Waals surface area contributed by atoms with E-state index in [1.165, 1.54) is 30.5 Å². The first-order chi connectivity index (χ1) is 12.6. The number of hydrazone groups is 1. The number of rotatable bonds is 6. The molecule has 0 radical (unpaired) electrons. The lowest BCUT2D eigenvalue weighted by Gasteiger charge is -2.10. The van der Waals surface area contributed by atoms with Crippen molar-refractivity contribution in [3.05, 3.63) is 64.5 Å². The van der Waals surface area contributed by atoms with Crippen molar-refractivity contribution in [2.75, 3.05) is 12.0 Å². The van der Waals surface area contributed by atoms with E-state index in [1.54, 1.807) is 6.92 Å². The summed E-state index contributed by atoms with van der Waals surface area (Å²) in [7, 11) is 0. The predicted octanol–water partition coefficient (Wildman–Crippen LogP) is 5.24. The average Bonchev–Trinajstić information content (AvgIpc) is 3.13. The normalized spacial score (nSPS) is 11.1. The number of aromatic nitrogens is 1. The molecule has 3 aromatic rings. The van der Waals surface area contributed by atoms with Crippen LogP contribution in [0.15, 0.2) is 46.9 Å². The number of thiazole rings is 1. The summed E-state index contributed by atoms with van der Waals surface area (Å²) in [6.45, 7) is 3.62. The SMILES string of the molecule is CCOc1cc(C=NNc2nc(-c3ccccc3)cs2)c(F)c(F)c1C. The Morgan fingerprint density at radius 1 is 1.23 bits per heavy atom. The van der Waals surface area contributed by atoms with E-state index >= 15 is 0 Å². The molecule has 1 aromatic heterocycles. The highest BCUT2D eigenvalue weighted by atomic mass is 32.1. The van der Waals surface area contributed by atoms with Gasteiger partial charge < -0.3 is 4.74 Å². The number of hydrogen-bond acceptors (Lipinski definition) is 5. The lowest BCUT2D eigenvalue weighted by Crippen LogP contribution is -2.03. The minimum absolute atomic E-state index is 0.00360. The molecule has 0 amide bonds. The predicted molar refractivity (Wildman–Crippen MR) is 101 cm³/mol. The van der Waals surface area contributed by atoms with Gasteiger partial charge in [0.05, 0.1) is 18.5 Å². The standard InChI is InChI=1S/C19H17F2N3OS/c1-3-25-16-9-14(18(21)17(20)12(16)2)10-22-24-19-23-15(11-26-19)13-7-5-4-6-8-13/h4-11H,3H2,1-2H3,(H,23,24). The van der Waals surface area contributed by atoms with Gasteiger partial charge in [0.1, 0.15) is 5.75 Å². The van der Waals surface area contributed by atoms with Crippen LogP contribution in [0.4, 0.5) is 13.9 Å². The number of halogens is 2. The Labute approximate surface area is 154 Å². The summed E-state index contributed by atoms with van der Waals surface area (Å²) in [5, 5.41) is 6.41. The summed E-state index contributed by atoms with van der Waals surface area (Å²) in [6.07, 6.45) is 1.21. The van der Waals surface area contributed by atoms with Crippen LogP contribution in [-0.4, -0.2) is 17.8 Å². The van der Waals surface area contributed by atoms with E-state index in [0.29, 0.717) is 17.5 Å². The first kappa shape index (κ1) is 18.0. The van der Waals surface area contributed by atoms with Gasteiger partial charge in [-0.25, -0.2) is 13.8 Å². The molecule has 7 heteroatoms. The van der Waals surface area contributed by atoms with Gasteiger partial charge in [0, 0.05) is 22.1 Å². The van der Waals surface area contributed by atoms with Crippen LogP contribution >= 0.6 is 11.3 Å². The molecule has 134 valence electrons. The molecule has 0 aliphatic rings. The summed E-state index contributed by atoms with van der Waals surface area (Å²) in [6, 6.07) is 11.2. The van der Waals surface area contributed by atoms with Gasteiger partial charge in [0.15, 0.2) is 11.6 Å². The molecular weight excluding hydrogens is 356 g/mol. The van der Waals surface area contributed by atoms with Crippen LogP contribution in [0.2, 0.25) is 0 Å². The Morgan fingerprint density at radius 2 is 2.00 bits per heavy atom. The second kappa shape index (κ2) is 8.05. The van der Waals surface area contributed by atoms with Crippen molar-refractivity contribution in [1.29, 1.82) is 0 Å². The van der Waals surface area contributed by atoms with E-state index in [9.17, 15) is 8.78 Å². The molecule has 0 unspecified atom stereocenters. The minimum Gasteiger partial charge on any atom is -0.493 e. The second-order valence-electron chi connectivity index (χ2n) is 5.42. The number of benzene rings is 2. The fourth-order valence-corrected chi connectivity index (χ4v) is 3.00. The van der Waals surface area contributed by atoms with Crippen LogP contribution in [0.1, 0.15) is 18.1 Å². The zero-order valence-electron chi connectivity index (χ0n) is 14.3. The van der Waals surface area contributed by atoms with Crippen LogP contribution in [0.5, 0.6) is 5.75 Å². The molecule has 3 rings (SSSR count). The fourth-order valence-electron chi connectivity index (χ4n) is 2.34. The quantitative estimate of drug-likeness (QED) is 0.475. The van der Waals surface area contributed by atoms with Crippen molar-refractivity contribution in [2.24, 2.45) is 5.10 Å². The summed E-state index contributed by atoms with van der Waals surface area (Å²) in [5.41, 5.74) is 4.70. The van der Waals surface area contributed by atoms with Crippen molar-refractivity contribution in [2.45, 2.75) is 13.8 Å². The van der Waals surface area contributed by atoms with Gasteiger partial charge in [-0.2, -0.15) is 5.10 Å². The Bertz CT molecular complexity index is 926. The van der Waals surface area contributed by atoms with E-state index in [2.05, 4.69) is 15.5 Å². The molecule has 0 saturated heterocycles. The molecule has 0 atom stereocenters. The Morgan fingerprint density at radius 3 is 2.73 bits per heavy atom. The van der Waals surface area contributed by atoms with Crippen LogP contribution in [-0.2, 0) is 0 Å². The third-order valence-corrected chi connectivity index (χ3v) is 4.42. The number of nitrogens with one attached hydrogen (secondary N) is 1. The summed E-state index contributed by atoms with van der Waals surface area (Å²) in [4.78, 5) is 4.41. The Hall–Kier alpha value is -2.80. The summed E-state index contributed by atoms with van der Waals surface area (Å²) in [5.74, 6) is -1.59. The first-order valence-corrected chi connectivity index (χ1v) is 8.89. The van der Waals surface area contributed by atoms with Crippen molar-refractivity contribution in [3.8, 4) is 17.0 Å². The van der Waals surface area contributed by atoms with E-state index in [4.69, 9.17) is 4.74 Å². The van der Waals surface area contributed by atoms with Gasteiger partial charge in [-0.3, -0.25) is 5.43 Å². The summed E-state index contributed by atoms with van der Waals surface area (Å²) < 4.78 is 33.4. The molecule has 2 aromatic carbocycles. The molecule has 1 N–H and O–H groups in total. The molecule has 0 aliphatic carbocycles. The zero-order chi connectivity index (χ0) is 18.5. The first-order valence-electron chi connectivity index (χ1n) is 8.01. The maximum Gasteiger partial charge on any atom is 0.203 e. The minimum atomic E-state index is -0.958. The van der Waals surface area contributed by atoms with Crippen LogP contribution in [0.25, 0.3) is 11.3 Å². The smallest absolute Gasteiger partial charge is 0.203 e. The summed E-state index contributed by atoms with van der Waals surface area (Å²) >= 11 is 1.37. The highest BCUT2D eigenvalue weighted by Gasteiger charge is 2.15. The molecule has 0 saturated carbocycles. The van der Waals surface area contributed by atoms with Gasteiger partial charge in [-0.05, 0) is 19.9 Å². The number of ether oxygens (including phenoxy) is 1. The van der Waals surface area contributed by atoms with Gasteiger partial charge in [-0.15, -0.1) is 11.3 Å². The molecular formula is C19H17F2N3OS. The number of hydrogen-bond donors (Lipinski definition) is 1. The molecule has 1 heterocycles. The van der Waals surface area contributed by atoms with E-state index in [1.807, 2.05) is 35.7 Å². The van der Waals surface area contributed by atoms with Crippen LogP contribution in [0, 0.1) is 18.6 Å². The van der Waals surface area contributed by atoms with Crippen molar-refractivity contribution in [1.82, 2.24) is 4.98 Å². The van der Waals surface area contributed by atoms with E-state index in [0.717, 1.165) is 11.3 Å². The van der Waals surface area contributed by atoms with Crippen LogP contribution < -0.4 is 10.2 Å². The number of nitrogens with zero attached hydrogens (tertiary/aromatic N) is 2. The topological polar surface area (TPSA) is 46.5 Å². The average molecular weight is 373 g/mol. The highest BCUT2D eigenvalue weighted by Crippen LogP contribution is 2.26. The van der Waals surface area contributed by atoms with Gasteiger partial charge >= 0.3 is 0 Å². The third-order valence-electron chi connectivity index (χ3n) is 3.67. The van der Waals surface area contributed by atoms with Gasteiger partial charge in [0.2, 0.25) is 5.13 Å². The molecule has 0 fully saturated rings. The zero-order valence-corrected chi connectivity index (χ0v) is 15.1. The van der Waals surface area contributed by atoms with Crippen molar-refractivity contribution in [3.63, 3.8) is 0 Å². The molecule has 0 bridgehead atoms. The lowest BCUT2D eigenvalue weighted by molar-refractivity contribution is 0.333. The Balaban J connectivity index is 1.76. The van der Waals surface area contributed by atoms with Gasteiger partial charge in [-0.1, -0.05) is 30.3 Å². The van der Waals surface area contributed by atoms with Crippen molar-refractivity contribution >= 4 is 22.7 Å². The van der Waals surface area contributed by atoms with Crippen LogP contribution in [0.3, 0.4) is 0 Å². The molecule has 0 spiro atoms. The Kier molecular flexibility index (Phi) is 5.58. The largest absolute Gasteiger partial charge is 0.493 e. The second-order valence-corrected chi connectivity index (χ2v) is 6.28. The monoisotopic (exact) mass is 373 g/mol. The van der Waals surface area contributed by atoms with Crippen molar-refractivity contribution < 1.29 is 13.5 Å². The van der Waals surface area contributed by atoms with Gasteiger partial charge in [0.25, 0.3) is 0 Å². The maximum absolute atomic E-state index is 14.1. The van der Waals surface area contributed by atoms with E-state index in [-0.39, 0.29) is 11.1 Å².